The van der Waals surface area contributed by atoms with Crippen molar-refractivity contribution >= 4 is 29.5 Å². The molecule has 0 aliphatic heterocycles. The molecule has 3 rings (SSSR count). The molecular weight excluding hydrogens is 444 g/mol. The Balaban J connectivity index is 1.58. The van der Waals surface area contributed by atoms with E-state index < -0.39 is 18.5 Å². The van der Waals surface area contributed by atoms with Crippen LogP contribution in [0.25, 0.3) is 11.8 Å². The van der Waals surface area contributed by atoms with Gasteiger partial charge in [0.2, 0.25) is 0 Å². The summed E-state index contributed by atoms with van der Waals surface area (Å²) in [5.41, 5.74) is 4.06. The fourth-order valence-electron chi connectivity index (χ4n) is 3.42. The van der Waals surface area contributed by atoms with Gasteiger partial charge in [-0.1, -0.05) is 44.2 Å². The van der Waals surface area contributed by atoms with E-state index in [1.165, 1.54) is 6.08 Å². The number of carbonyl (C=O) groups excluding carboxylic acids is 3. The maximum absolute atomic E-state index is 12.4. The van der Waals surface area contributed by atoms with Crippen LogP contribution in [0.5, 0.6) is 0 Å². The minimum Gasteiger partial charge on any atom is -0.452 e. The molecule has 8 nitrogen and oxygen atoms in total. The highest BCUT2D eigenvalue weighted by Gasteiger charge is 2.15. The summed E-state index contributed by atoms with van der Waals surface area (Å²) in [6, 6.07) is 16.4. The minimum atomic E-state index is -0.658. The Hall–Kier alpha value is -4.20. The molecule has 2 aromatic carbocycles. The van der Waals surface area contributed by atoms with Crippen LogP contribution >= 0.6 is 0 Å². The van der Waals surface area contributed by atoms with Gasteiger partial charge in [0.25, 0.3) is 11.8 Å². The number of nitrogens with zero attached hydrogens (tertiary/aromatic N) is 2. The number of anilines is 1. The lowest BCUT2D eigenvalue weighted by atomic mass is 10.1. The first-order chi connectivity index (χ1) is 16.8. The molecule has 0 bridgehead atoms. The van der Waals surface area contributed by atoms with Crippen molar-refractivity contribution in [3.05, 3.63) is 83.2 Å². The van der Waals surface area contributed by atoms with Crippen LogP contribution in [0.4, 0.5) is 5.69 Å². The van der Waals surface area contributed by atoms with Gasteiger partial charge in [0.1, 0.15) is 0 Å². The van der Waals surface area contributed by atoms with Crippen LogP contribution in [0.3, 0.4) is 0 Å². The van der Waals surface area contributed by atoms with Gasteiger partial charge in [-0.15, -0.1) is 0 Å². The molecule has 8 heteroatoms. The largest absolute Gasteiger partial charge is 0.452 e. The van der Waals surface area contributed by atoms with Crippen LogP contribution in [0.1, 0.15) is 41.2 Å². The minimum absolute atomic E-state index is 0.281. The lowest BCUT2D eigenvalue weighted by Gasteiger charge is -2.12. The molecule has 0 saturated carbocycles. The predicted octanol–water partition coefficient (Wildman–Crippen LogP) is 4.07. The Morgan fingerprint density at radius 2 is 1.71 bits per heavy atom. The Morgan fingerprint density at radius 1 is 1.03 bits per heavy atom. The molecule has 0 saturated heterocycles. The molecule has 35 heavy (non-hydrogen) atoms. The lowest BCUT2D eigenvalue weighted by molar-refractivity contribution is -0.142. The second-order valence-corrected chi connectivity index (χ2v) is 8.47. The van der Waals surface area contributed by atoms with E-state index in [1.54, 1.807) is 30.3 Å². The summed E-state index contributed by atoms with van der Waals surface area (Å²) in [5, 5.41) is 10.00. The van der Waals surface area contributed by atoms with Crippen molar-refractivity contribution in [1.29, 1.82) is 0 Å². The van der Waals surface area contributed by atoms with Crippen LogP contribution in [-0.4, -0.2) is 40.7 Å². The van der Waals surface area contributed by atoms with Gasteiger partial charge >= 0.3 is 5.97 Å². The molecular formula is C27H30N4O4. The number of aryl methyl sites for hydroxylation is 1. The third-order valence-corrected chi connectivity index (χ3v) is 5.20. The van der Waals surface area contributed by atoms with Crippen LogP contribution in [0, 0.1) is 19.8 Å². The summed E-state index contributed by atoms with van der Waals surface area (Å²) in [4.78, 5) is 37.0. The Morgan fingerprint density at radius 3 is 2.43 bits per heavy atom. The summed E-state index contributed by atoms with van der Waals surface area (Å²) in [5.74, 6) is -1.18. The van der Waals surface area contributed by atoms with E-state index >= 15 is 0 Å². The smallest absolute Gasteiger partial charge is 0.331 e. The molecule has 2 N–H and O–H groups in total. The number of hydrogen-bond acceptors (Lipinski definition) is 5. The molecule has 2 amide bonds. The van der Waals surface area contributed by atoms with E-state index in [9.17, 15) is 14.4 Å². The SMILES string of the molecule is Cc1nn(-c2ccccc2)c(C)c1/C=C/C(=O)OCC(=O)Nc1ccccc1C(=O)NCC(C)C. The number of ether oxygens (including phenoxy) is 1. The van der Waals surface area contributed by atoms with E-state index in [4.69, 9.17) is 4.74 Å². The lowest BCUT2D eigenvalue weighted by Crippen LogP contribution is -2.29. The van der Waals surface area contributed by atoms with Crippen molar-refractivity contribution in [2.45, 2.75) is 27.7 Å². The molecule has 0 aliphatic carbocycles. The summed E-state index contributed by atoms with van der Waals surface area (Å²) in [7, 11) is 0. The zero-order valence-corrected chi connectivity index (χ0v) is 20.4. The first-order valence-corrected chi connectivity index (χ1v) is 11.4. The molecule has 1 aromatic heterocycles. The zero-order chi connectivity index (χ0) is 25.4. The number of carbonyl (C=O) groups is 3. The van der Waals surface area contributed by atoms with Crippen LogP contribution < -0.4 is 10.6 Å². The molecule has 0 fully saturated rings. The Bertz CT molecular complexity index is 1230. The maximum Gasteiger partial charge on any atom is 0.331 e. The van der Waals surface area contributed by atoms with Crippen molar-refractivity contribution in [3.63, 3.8) is 0 Å². The monoisotopic (exact) mass is 474 g/mol. The van der Waals surface area contributed by atoms with Crippen LogP contribution in [0.2, 0.25) is 0 Å². The second kappa shape index (κ2) is 11.8. The van der Waals surface area contributed by atoms with Gasteiger partial charge in [0.15, 0.2) is 6.61 Å². The topological polar surface area (TPSA) is 102 Å². The number of para-hydroxylation sites is 2. The average molecular weight is 475 g/mol. The first-order valence-electron chi connectivity index (χ1n) is 11.4. The Labute approximate surface area is 205 Å². The maximum atomic E-state index is 12.4. The fourth-order valence-corrected chi connectivity index (χ4v) is 3.42. The van der Waals surface area contributed by atoms with Gasteiger partial charge in [-0.2, -0.15) is 5.10 Å². The van der Waals surface area contributed by atoms with Gasteiger partial charge in [-0.25, -0.2) is 9.48 Å². The fraction of sp³-hybridized carbons (Fsp3) is 0.259. The van der Waals surface area contributed by atoms with Gasteiger partial charge < -0.3 is 15.4 Å². The quantitative estimate of drug-likeness (QED) is 0.360. The molecule has 0 radical (unpaired) electrons. The third kappa shape index (κ3) is 6.89. The number of esters is 1. The van der Waals surface area contributed by atoms with E-state index in [0.29, 0.717) is 23.7 Å². The highest BCUT2D eigenvalue weighted by Crippen LogP contribution is 2.19. The molecule has 0 aliphatic rings. The molecule has 0 atom stereocenters. The van der Waals surface area contributed by atoms with E-state index in [1.807, 2.05) is 62.7 Å². The highest BCUT2D eigenvalue weighted by molar-refractivity contribution is 6.04. The van der Waals surface area contributed by atoms with Gasteiger partial charge in [-0.05, 0) is 50.1 Å². The van der Waals surface area contributed by atoms with E-state index in [-0.39, 0.29) is 5.91 Å². The average Bonchev–Trinajstić information content (AvgIpc) is 3.13. The van der Waals surface area contributed by atoms with Crippen molar-refractivity contribution in [3.8, 4) is 5.69 Å². The van der Waals surface area contributed by atoms with Crippen LogP contribution in [-0.2, 0) is 14.3 Å². The number of aromatic nitrogens is 2. The van der Waals surface area contributed by atoms with Crippen molar-refractivity contribution < 1.29 is 19.1 Å². The normalized spacial score (nSPS) is 11.0. The standard InChI is InChI=1S/C27H30N4O4/c1-18(2)16-28-27(34)23-12-8-9-13-24(23)29-25(32)17-35-26(33)15-14-22-19(3)30-31(20(22)4)21-10-6-5-7-11-21/h5-15,18H,16-17H2,1-4H3,(H,28,34)(H,29,32)/b15-14+. The summed E-state index contributed by atoms with van der Waals surface area (Å²) < 4.78 is 6.89. The van der Waals surface area contributed by atoms with Gasteiger partial charge in [0, 0.05) is 23.9 Å². The van der Waals surface area contributed by atoms with Gasteiger partial charge in [-0.3, -0.25) is 9.59 Å². The molecule has 182 valence electrons. The first kappa shape index (κ1) is 25.4. The van der Waals surface area contributed by atoms with Crippen molar-refractivity contribution in [2.24, 2.45) is 5.92 Å². The highest BCUT2D eigenvalue weighted by atomic mass is 16.5. The predicted molar refractivity (Wildman–Crippen MR) is 135 cm³/mol. The zero-order valence-electron chi connectivity index (χ0n) is 20.4. The third-order valence-electron chi connectivity index (χ3n) is 5.20. The summed E-state index contributed by atoms with van der Waals surface area (Å²) in [6.45, 7) is 7.81. The number of nitrogens with one attached hydrogen (secondary N) is 2. The van der Waals surface area contributed by atoms with Crippen molar-refractivity contribution in [2.75, 3.05) is 18.5 Å². The number of benzene rings is 2. The molecule has 3 aromatic rings. The summed E-state index contributed by atoms with van der Waals surface area (Å²) >= 11 is 0. The number of hydrogen-bond donors (Lipinski definition) is 2. The van der Waals surface area contributed by atoms with E-state index in [0.717, 1.165) is 22.6 Å². The number of amides is 2. The molecule has 1 heterocycles. The molecule has 0 spiro atoms. The van der Waals surface area contributed by atoms with E-state index in [2.05, 4.69) is 15.7 Å². The summed E-state index contributed by atoms with van der Waals surface area (Å²) in [6.07, 6.45) is 2.90. The van der Waals surface area contributed by atoms with Crippen molar-refractivity contribution in [1.82, 2.24) is 15.1 Å². The number of rotatable bonds is 9. The second-order valence-electron chi connectivity index (χ2n) is 8.47. The van der Waals surface area contributed by atoms with Crippen LogP contribution in [0.15, 0.2) is 60.7 Å². The van der Waals surface area contributed by atoms with Gasteiger partial charge in [0.05, 0.1) is 22.6 Å². The molecule has 0 unspecified atom stereocenters. The Kier molecular flexibility index (Phi) is 8.56.